The van der Waals surface area contributed by atoms with Crippen molar-refractivity contribution in [3.05, 3.63) is 64.7 Å². The van der Waals surface area contributed by atoms with Gasteiger partial charge < -0.3 is 9.53 Å². The summed E-state index contributed by atoms with van der Waals surface area (Å²) < 4.78 is 5.70. The lowest BCUT2D eigenvalue weighted by molar-refractivity contribution is -0.107. The second-order valence-electron chi connectivity index (χ2n) is 4.48. The van der Waals surface area contributed by atoms with E-state index in [1.165, 1.54) is 0 Å². The quantitative estimate of drug-likeness (QED) is 0.771. The third kappa shape index (κ3) is 2.03. The third-order valence-corrected chi connectivity index (χ3v) is 3.25. The van der Waals surface area contributed by atoms with Gasteiger partial charge in [0.1, 0.15) is 18.6 Å². The standard InChI is InChI=1S/C16H12O3/c17-8-7-11-5-6-14-15(9-11)19-10-12-3-1-2-4-13(12)16(14)18/h1-6,8-9H,7,10H2. The second-order valence-corrected chi connectivity index (χ2v) is 4.48. The summed E-state index contributed by atoms with van der Waals surface area (Å²) >= 11 is 0. The number of aldehydes is 1. The highest BCUT2D eigenvalue weighted by Gasteiger charge is 2.21. The Bertz CT molecular complexity index is 659. The van der Waals surface area contributed by atoms with Crippen molar-refractivity contribution in [2.45, 2.75) is 13.0 Å². The molecular weight excluding hydrogens is 240 g/mol. The van der Waals surface area contributed by atoms with Crippen LogP contribution < -0.4 is 4.74 Å². The number of ketones is 1. The number of ether oxygens (including phenoxy) is 1. The van der Waals surface area contributed by atoms with Crippen LogP contribution in [0.25, 0.3) is 0 Å². The molecule has 0 radical (unpaired) electrons. The number of carbonyl (C=O) groups is 2. The van der Waals surface area contributed by atoms with Crippen molar-refractivity contribution in [3.8, 4) is 5.75 Å². The zero-order chi connectivity index (χ0) is 13.2. The lowest BCUT2D eigenvalue weighted by Gasteiger charge is -2.07. The van der Waals surface area contributed by atoms with Crippen molar-refractivity contribution in [2.24, 2.45) is 0 Å². The maximum atomic E-state index is 12.4. The fourth-order valence-electron chi connectivity index (χ4n) is 2.27. The Morgan fingerprint density at radius 3 is 2.79 bits per heavy atom. The fourth-order valence-corrected chi connectivity index (χ4v) is 2.27. The lowest BCUT2D eigenvalue weighted by Crippen LogP contribution is -2.02. The van der Waals surface area contributed by atoms with Crippen LogP contribution in [0.4, 0.5) is 0 Å². The van der Waals surface area contributed by atoms with E-state index in [4.69, 9.17) is 4.74 Å². The molecule has 0 amide bonds. The average molecular weight is 252 g/mol. The van der Waals surface area contributed by atoms with Gasteiger partial charge in [-0.2, -0.15) is 0 Å². The van der Waals surface area contributed by atoms with E-state index in [1.807, 2.05) is 24.3 Å². The predicted molar refractivity (Wildman–Crippen MR) is 70.4 cm³/mol. The molecule has 1 heterocycles. The molecule has 0 spiro atoms. The molecule has 0 atom stereocenters. The van der Waals surface area contributed by atoms with Gasteiger partial charge in [0.05, 0.1) is 5.56 Å². The van der Waals surface area contributed by atoms with Gasteiger partial charge in [-0.25, -0.2) is 0 Å². The fraction of sp³-hybridized carbons (Fsp3) is 0.125. The van der Waals surface area contributed by atoms with Gasteiger partial charge in [-0.1, -0.05) is 30.3 Å². The van der Waals surface area contributed by atoms with Crippen LogP contribution in [-0.4, -0.2) is 12.1 Å². The van der Waals surface area contributed by atoms with Crippen LogP contribution in [0.3, 0.4) is 0 Å². The van der Waals surface area contributed by atoms with Gasteiger partial charge >= 0.3 is 0 Å². The van der Waals surface area contributed by atoms with E-state index in [1.54, 1.807) is 18.2 Å². The van der Waals surface area contributed by atoms with Crippen LogP contribution in [0.1, 0.15) is 27.0 Å². The maximum absolute atomic E-state index is 12.4. The van der Waals surface area contributed by atoms with E-state index in [-0.39, 0.29) is 5.78 Å². The molecule has 0 bridgehead atoms. The van der Waals surface area contributed by atoms with Crippen LogP contribution in [-0.2, 0) is 17.8 Å². The Balaban J connectivity index is 2.09. The van der Waals surface area contributed by atoms with Crippen molar-refractivity contribution in [2.75, 3.05) is 0 Å². The minimum Gasteiger partial charge on any atom is -0.488 e. The molecule has 3 rings (SSSR count). The molecule has 3 heteroatoms. The van der Waals surface area contributed by atoms with Gasteiger partial charge in [-0.05, 0) is 17.7 Å². The summed E-state index contributed by atoms with van der Waals surface area (Å²) in [5.74, 6) is 0.529. The summed E-state index contributed by atoms with van der Waals surface area (Å²) in [5, 5.41) is 0. The number of rotatable bonds is 2. The molecular formula is C16H12O3. The minimum absolute atomic E-state index is 0.0271. The van der Waals surface area contributed by atoms with Crippen molar-refractivity contribution in [1.82, 2.24) is 0 Å². The summed E-state index contributed by atoms with van der Waals surface area (Å²) in [6, 6.07) is 12.8. The Kier molecular flexibility index (Phi) is 2.88. The Morgan fingerprint density at radius 2 is 1.95 bits per heavy atom. The SMILES string of the molecule is O=CCc1ccc2c(c1)OCc1ccccc1C2=O. The number of carbonyl (C=O) groups excluding carboxylic acids is 2. The van der Waals surface area contributed by atoms with E-state index in [0.717, 1.165) is 17.4 Å². The van der Waals surface area contributed by atoms with Crippen molar-refractivity contribution in [1.29, 1.82) is 0 Å². The molecule has 0 fully saturated rings. The van der Waals surface area contributed by atoms with Gasteiger partial charge in [0.25, 0.3) is 0 Å². The molecule has 19 heavy (non-hydrogen) atoms. The largest absolute Gasteiger partial charge is 0.488 e. The Morgan fingerprint density at radius 1 is 1.11 bits per heavy atom. The number of benzene rings is 2. The number of hydrogen-bond donors (Lipinski definition) is 0. The Hall–Kier alpha value is -2.42. The normalized spacial score (nSPS) is 12.9. The van der Waals surface area contributed by atoms with E-state index in [9.17, 15) is 9.59 Å². The number of hydrogen-bond acceptors (Lipinski definition) is 3. The minimum atomic E-state index is -0.0271. The predicted octanol–water partition coefficient (Wildman–Crippen LogP) is 2.55. The summed E-state index contributed by atoms with van der Waals surface area (Å²) in [4.78, 5) is 23.0. The highest BCUT2D eigenvalue weighted by molar-refractivity contribution is 6.12. The van der Waals surface area contributed by atoms with Crippen molar-refractivity contribution < 1.29 is 14.3 Å². The monoisotopic (exact) mass is 252 g/mol. The molecule has 1 aliphatic rings. The zero-order valence-electron chi connectivity index (χ0n) is 10.3. The first kappa shape index (κ1) is 11.7. The summed E-state index contributed by atoms with van der Waals surface area (Å²) in [7, 11) is 0. The topological polar surface area (TPSA) is 43.4 Å². The van der Waals surface area contributed by atoms with Gasteiger partial charge in [-0.3, -0.25) is 4.79 Å². The molecule has 94 valence electrons. The second kappa shape index (κ2) is 4.69. The lowest BCUT2D eigenvalue weighted by atomic mass is 9.98. The average Bonchev–Trinajstić information content (AvgIpc) is 2.58. The first-order valence-corrected chi connectivity index (χ1v) is 6.11. The highest BCUT2D eigenvalue weighted by Crippen LogP contribution is 2.29. The molecule has 3 nitrogen and oxygen atoms in total. The maximum Gasteiger partial charge on any atom is 0.197 e. The van der Waals surface area contributed by atoms with Crippen LogP contribution >= 0.6 is 0 Å². The van der Waals surface area contributed by atoms with Gasteiger partial charge in [-0.15, -0.1) is 0 Å². The van der Waals surface area contributed by atoms with E-state index in [0.29, 0.717) is 29.9 Å². The van der Waals surface area contributed by atoms with Crippen LogP contribution in [0.5, 0.6) is 5.75 Å². The molecule has 2 aromatic rings. The van der Waals surface area contributed by atoms with Crippen LogP contribution in [0.2, 0.25) is 0 Å². The summed E-state index contributed by atoms with van der Waals surface area (Å²) in [6.45, 7) is 0.374. The third-order valence-electron chi connectivity index (χ3n) is 3.25. The first-order chi connectivity index (χ1) is 9.29. The molecule has 0 aromatic heterocycles. The van der Waals surface area contributed by atoms with Gasteiger partial charge in [0, 0.05) is 17.5 Å². The van der Waals surface area contributed by atoms with E-state index < -0.39 is 0 Å². The molecule has 2 aromatic carbocycles. The number of fused-ring (bicyclic) bond motifs is 2. The highest BCUT2D eigenvalue weighted by atomic mass is 16.5. The van der Waals surface area contributed by atoms with Gasteiger partial charge in [0.15, 0.2) is 5.78 Å². The molecule has 0 saturated heterocycles. The zero-order valence-corrected chi connectivity index (χ0v) is 10.3. The van der Waals surface area contributed by atoms with Crippen molar-refractivity contribution >= 4 is 12.1 Å². The Labute approximate surface area is 110 Å². The van der Waals surface area contributed by atoms with Crippen LogP contribution in [0.15, 0.2) is 42.5 Å². The summed E-state index contributed by atoms with van der Waals surface area (Å²) in [6.07, 6.45) is 1.17. The van der Waals surface area contributed by atoms with E-state index >= 15 is 0 Å². The van der Waals surface area contributed by atoms with Gasteiger partial charge in [0.2, 0.25) is 0 Å². The first-order valence-electron chi connectivity index (χ1n) is 6.11. The molecule has 1 aliphatic heterocycles. The molecule has 0 aliphatic carbocycles. The molecule has 0 N–H and O–H groups in total. The summed E-state index contributed by atoms with van der Waals surface area (Å²) in [5.41, 5.74) is 2.98. The molecule has 0 unspecified atom stereocenters. The van der Waals surface area contributed by atoms with Crippen molar-refractivity contribution in [3.63, 3.8) is 0 Å². The van der Waals surface area contributed by atoms with Crippen LogP contribution in [0, 0.1) is 0 Å². The molecule has 0 saturated carbocycles. The smallest absolute Gasteiger partial charge is 0.197 e. The van der Waals surface area contributed by atoms with E-state index in [2.05, 4.69) is 0 Å².